The van der Waals surface area contributed by atoms with E-state index in [1.54, 1.807) is 6.07 Å². The molecular weight excluding hydrogens is 368 g/mol. The number of ether oxygens (including phenoxy) is 1. The predicted molar refractivity (Wildman–Crippen MR) is 108 cm³/mol. The van der Waals surface area contributed by atoms with Gasteiger partial charge in [-0.3, -0.25) is 4.79 Å². The van der Waals surface area contributed by atoms with Gasteiger partial charge in [0.25, 0.3) is 5.88 Å². The lowest BCUT2D eigenvalue weighted by atomic mass is 9.92. The van der Waals surface area contributed by atoms with Gasteiger partial charge >= 0.3 is 0 Å². The van der Waals surface area contributed by atoms with E-state index in [0.717, 1.165) is 30.5 Å². The number of amides is 1. The highest BCUT2D eigenvalue weighted by Crippen LogP contribution is 2.31. The first-order valence-corrected chi connectivity index (χ1v) is 9.98. The zero-order valence-electron chi connectivity index (χ0n) is 17.1. The first kappa shape index (κ1) is 19.2. The fraction of sp³-hybridized carbons (Fsp3) is 0.409. The molecule has 0 radical (unpaired) electrons. The number of nitrogens with zero attached hydrogens (tertiary/aromatic N) is 3. The number of hydrogen-bond acceptors (Lipinski definition) is 5. The van der Waals surface area contributed by atoms with E-state index in [0.29, 0.717) is 24.5 Å². The van der Waals surface area contributed by atoms with Crippen LogP contribution < -0.4 is 10.1 Å². The number of carbonyl (C=O) groups excluding carboxylic acids is 1. The van der Waals surface area contributed by atoms with Gasteiger partial charge in [0.2, 0.25) is 5.91 Å². The summed E-state index contributed by atoms with van der Waals surface area (Å²) in [6.07, 6.45) is 5.64. The maximum atomic E-state index is 12.5. The Morgan fingerprint density at radius 3 is 2.93 bits per heavy atom. The Morgan fingerprint density at radius 2 is 2.17 bits per heavy atom. The second kappa shape index (κ2) is 8.11. The number of nitrogens with one attached hydrogen (secondary N) is 1. The highest BCUT2D eigenvalue weighted by atomic mass is 16.5. The van der Waals surface area contributed by atoms with Crippen molar-refractivity contribution in [3.63, 3.8) is 0 Å². The molecule has 1 unspecified atom stereocenters. The summed E-state index contributed by atoms with van der Waals surface area (Å²) in [6.45, 7) is 4.22. The van der Waals surface area contributed by atoms with Gasteiger partial charge in [-0.15, -0.1) is 0 Å². The van der Waals surface area contributed by atoms with Crippen LogP contribution in [0.4, 0.5) is 0 Å². The minimum atomic E-state index is -0.00388. The summed E-state index contributed by atoms with van der Waals surface area (Å²) in [5.74, 6) is 1.07. The maximum Gasteiger partial charge on any atom is 0.254 e. The SMILES string of the molecule is COc1cc(CCC(=O)NC2CCCc3c2cnn3-c2ccc(C)c(C)c2)on1. The molecule has 7 nitrogen and oxygen atoms in total. The molecule has 29 heavy (non-hydrogen) atoms. The molecule has 0 saturated heterocycles. The van der Waals surface area contributed by atoms with Gasteiger partial charge in [0, 0.05) is 30.2 Å². The summed E-state index contributed by atoms with van der Waals surface area (Å²) in [5, 5.41) is 11.6. The van der Waals surface area contributed by atoms with Crippen molar-refractivity contribution in [2.24, 2.45) is 0 Å². The topological polar surface area (TPSA) is 82.2 Å². The fourth-order valence-corrected chi connectivity index (χ4v) is 3.80. The van der Waals surface area contributed by atoms with Crippen molar-refractivity contribution in [1.29, 1.82) is 0 Å². The lowest BCUT2D eigenvalue weighted by Crippen LogP contribution is -2.31. The van der Waals surface area contributed by atoms with E-state index in [4.69, 9.17) is 9.26 Å². The van der Waals surface area contributed by atoms with E-state index in [2.05, 4.69) is 47.6 Å². The van der Waals surface area contributed by atoms with Crippen LogP contribution in [0.3, 0.4) is 0 Å². The summed E-state index contributed by atoms with van der Waals surface area (Å²) < 4.78 is 12.2. The number of fused-ring (bicyclic) bond motifs is 1. The van der Waals surface area contributed by atoms with Crippen LogP contribution in [0.15, 0.2) is 35.0 Å². The molecule has 0 saturated carbocycles. The Hall–Kier alpha value is -3.09. The third-order valence-electron chi connectivity index (χ3n) is 5.60. The number of aromatic nitrogens is 3. The summed E-state index contributed by atoms with van der Waals surface area (Å²) >= 11 is 0. The molecule has 0 fully saturated rings. The van der Waals surface area contributed by atoms with Gasteiger partial charge in [-0.1, -0.05) is 6.07 Å². The normalized spacial score (nSPS) is 15.8. The average molecular weight is 394 g/mol. The average Bonchev–Trinajstić information content (AvgIpc) is 3.36. The van der Waals surface area contributed by atoms with Crippen molar-refractivity contribution in [2.75, 3.05) is 7.11 Å². The lowest BCUT2D eigenvalue weighted by molar-refractivity contribution is -0.122. The van der Waals surface area contributed by atoms with E-state index >= 15 is 0 Å². The zero-order valence-corrected chi connectivity index (χ0v) is 17.1. The smallest absolute Gasteiger partial charge is 0.254 e. The summed E-state index contributed by atoms with van der Waals surface area (Å²) in [6, 6.07) is 8.09. The van der Waals surface area contributed by atoms with Crippen molar-refractivity contribution < 1.29 is 14.1 Å². The van der Waals surface area contributed by atoms with Gasteiger partial charge in [-0.2, -0.15) is 5.10 Å². The largest absolute Gasteiger partial charge is 0.479 e. The minimum absolute atomic E-state index is 0.00264. The Morgan fingerprint density at radius 1 is 1.31 bits per heavy atom. The number of hydrogen-bond donors (Lipinski definition) is 1. The molecule has 1 aliphatic carbocycles. The van der Waals surface area contributed by atoms with Gasteiger partial charge in [-0.25, -0.2) is 4.68 Å². The molecule has 0 spiro atoms. The quantitative estimate of drug-likeness (QED) is 0.691. The predicted octanol–water partition coefficient (Wildman–Crippen LogP) is 3.61. The van der Waals surface area contributed by atoms with Crippen molar-refractivity contribution in [3.8, 4) is 11.6 Å². The van der Waals surface area contributed by atoms with Crippen LogP contribution in [-0.4, -0.2) is 28.0 Å². The van der Waals surface area contributed by atoms with Crippen LogP contribution in [-0.2, 0) is 17.6 Å². The van der Waals surface area contributed by atoms with E-state index in [1.807, 2.05) is 10.9 Å². The minimum Gasteiger partial charge on any atom is -0.479 e. The maximum absolute atomic E-state index is 12.5. The van der Waals surface area contributed by atoms with Crippen LogP contribution in [0, 0.1) is 13.8 Å². The molecule has 1 aliphatic rings. The van der Waals surface area contributed by atoms with E-state index in [-0.39, 0.29) is 11.9 Å². The molecule has 4 rings (SSSR count). The summed E-state index contributed by atoms with van der Waals surface area (Å²) in [4.78, 5) is 12.5. The van der Waals surface area contributed by atoms with Crippen LogP contribution in [0.5, 0.6) is 5.88 Å². The number of rotatable bonds is 6. The number of methoxy groups -OCH3 is 1. The Bertz CT molecular complexity index is 1020. The molecule has 1 N–H and O–H groups in total. The first-order chi connectivity index (χ1) is 14.0. The van der Waals surface area contributed by atoms with Gasteiger partial charge < -0.3 is 14.6 Å². The summed E-state index contributed by atoms with van der Waals surface area (Å²) in [5.41, 5.74) is 5.88. The van der Waals surface area contributed by atoms with Crippen molar-refractivity contribution in [2.45, 2.75) is 52.0 Å². The molecule has 0 bridgehead atoms. The van der Waals surface area contributed by atoms with Crippen LogP contribution in [0.1, 0.15) is 53.4 Å². The molecule has 3 aromatic rings. The molecule has 1 aromatic carbocycles. The molecule has 0 aliphatic heterocycles. The molecule has 2 aromatic heterocycles. The number of benzene rings is 1. The third kappa shape index (κ3) is 4.04. The van der Waals surface area contributed by atoms with Crippen LogP contribution in [0.25, 0.3) is 5.69 Å². The monoisotopic (exact) mass is 394 g/mol. The highest BCUT2D eigenvalue weighted by molar-refractivity contribution is 5.76. The Kier molecular flexibility index (Phi) is 5.38. The van der Waals surface area contributed by atoms with Crippen LogP contribution in [0.2, 0.25) is 0 Å². The highest BCUT2D eigenvalue weighted by Gasteiger charge is 2.26. The van der Waals surface area contributed by atoms with Gasteiger partial charge in [0.05, 0.1) is 25.0 Å². The molecule has 152 valence electrons. The van der Waals surface area contributed by atoms with Gasteiger partial charge in [-0.05, 0) is 61.5 Å². The molecular formula is C22H26N4O3. The second-order valence-electron chi connectivity index (χ2n) is 7.57. The molecule has 2 heterocycles. The molecule has 7 heteroatoms. The second-order valence-corrected chi connectivity index (χ2v) is 7.57. The van der Waals surface area contributed by atoms with E-state index in [9.17, 15) is 4.79 Å². The van der Waals surface area contributed by atoms with Crippen molar-refractivity contribution in [1.82, 2.24) is 20.3 Å². The third-order valence-corrected chi connectivity index (χ3v) is 5.60. The van der Waals surface area contributed by atoms with Crippen LogP contribution >= 0.6 is 0 Å². The number of carbonyl (C=O) groups is 1. The van der Waals surface area contributed by atoms with E-state index in [1.165, 1.54) is 23.9 Å². The van der Waals surface area contributed by atoms with E-state index < -0.39 is 0 Å². The lowest BCUT2D eigenvalue weighted by Gasteiger charge is -2.24. The zero-order chi connectivity index (χ0) is 20.4. The summed E-state index contributed by atoms with van der Waals surface area (Å²) in [7, 11) is 1.53. The Balaban J connectivity index is 1.45. The molecule has 1 atom stereocenters. The van der Waals surface area contributed by atoms with Crippen molar-refractivity contribution >= 4 is 5.91 Å². The number of aryl methyl sites for hydroxylation is 3. The Labute approximate surface area is 170 Å². The van der Waals surface area contributed by atoms with Gasteiger partial charge in [0.1, 0.15) is 5.76 Å². The van der Waals surface area contributed by atoms with Gasteiger partial charge in [0.15, 0.2) is 0 Å². The standard InChI is InChI=1S/C22H26N4O3/c1-14-7-8-16(11-15(14)2)26-20-6-4-5-19(18(20)13-23-26)24-21(27)10-9-17-12-22(28-3)25-29-17/h7-8,11-13,19H,4-6,9-10H2,1-3H3,(H,24,27). The molecule has 1 amide bonds. The fourth-order valence-electron chi connectivity index (χ4n) is 3.80. The first-order valence-electron chi connectivity index (χ1n) is 9.98. The van der Waals surface area contributed by atoms with Crippen molar-refractivity contribution in [3.05, 3.63) is 58.6 Å².